The third-order valence-electron chi connectivity index (χ3n) is 5.55. The predicted octanol–water partition coefficient (Wildman–Crippen LogP) is 6.39. The highest BCUT2D eigenvalue weighted by molar-refractivity contribution is 7.98. The van der Waals surface area contributed by atoms with Gasteiger partial charge in [-0.15, -0.1) is 0 Å². The van der Waals surface area contributed by atoms with Gasteiger partial charge < -0.3 is 10.2 Å². The Kier molecular flexibility index (Phi) is 11.0. The van der Waals surface area contributed by atoms with Crippen molar-refractivity contribution < 1.29 is 9.59 Å². The summed E-state index contributed by atoms with van der Waals surface area (Å²) in [6, 6.07) is 24.5. The summed E-state index contributed by atoms with van der Waals surface area (Å²) in [5.41, 5.74) is 2.96. The molecular weight excluding hydrogens is 499 g/mol. The van der Waals surface area contributed by atoms with Crippen molar-refractivity contribution >= 4 is 46.8 Å². The van der Waals surface area contributed by atoms with E-state index in [1.807, 2.05) is 61.5 Å². The van der Waals surface area contributed by atoms with Crippen LogP contribution in [-0.2, 0) is 28.3 Å². The topological polar surface area (TPSA) is 49.4 Å². The number of benzene rings is 3. The molecule has 0 bridgehead atoms. The van der Waals surface area contributed by atoms with Crippen molar-refractivity contribution in [3.05, 3.63) is 106 Å². The molecule has 35 heavy (non-hydrogen) atoms. The van der Waals surface area contributed by atoms with Crippen LogP contribution in [0.5, 0.6) is 0 Å². The number of likely N-dealkylation sites (N-methyl/N-ethyl adjacent to an activating group) is 1. The van der Waals surface area contributed by atoms with E-state index >= 15 is 0 Å². The maximum atomic E-state index is 13.5. The normalized spacial score (nSPS) is 11.6. The number of nitrogens with one attached hydrogen (secondary N) is 1. The van der Waals surface area contributed by atoms with Gasteiger partial charge in [0.2, 0.25) is 11.8 Å². The van der Waals surface area contributed by atoms with E-state index in [-0.39, 0.29) is 18.4 Å². The Morgan fingerprint density at radius 2 is 1.60 bits per heavy atom. The zero-order chi connectivity index (χ0) is 25.0. The summed E-state index contributed by atoms with van der Waals surface area (Å²) in [5, 5.41) is 3.91. The Morgan fingerprint density at radius 3 is 2.23 bits per heavy atom. The number of halogens is 2. The number of amides is 2. The molecule has 0 heterocycles. The maximum absolute atomic E-state index is 13.5. The van der Waals surface area contributed by atoms with Gasteiger partial charge in [-0.05, 0) is 35.7 Å². The molecule has 3 rings (SSSR count). The fourth-order valence-electron chi connectivity index (χ4n) is 3.75. The third kappa shape index (κ3) is 8.60. The molecule has 1 N–H and O–H groups in total. The molecule has 1 atom stereocenters. The van der Waals surface area contributed by atoms with Gasteiger partial charge in [0.15, 0.2) is 0 Å². The second kappa shape index (κ2) is 14.2. The van der Waals surface area contributed by atoms with Gasteiger partial charge in [0.1, 0.15) is 6.04 Å². The first-order valence-electron chi connectivity index (χ1n) is 11.6. The minimum absolute atomic E-state index is 0.0798. The lowest BCUT2D eigenvalue weighted by Gasteiger charge is -2.32. The van der Waals surface area contributed by atoms with Crippen molar-refractivity contribution in [2.24, 2.45) is 0 Å². The number of carbonyl (C=O) groups excluding carboxylic acids is 2. The summed E-state index contributed by atoms with van der Waals surface area (Å²) in [7, 11) is 0. The quantitative estimate of drug-likeness (QED) is 0.277. The van der Waals surface area contributed by atoms with E-state index in [4.69, 9.17) is 23.2 Å². The fraction of sp³-hybridized carbons (Fsp3) is 0.286. The number of hydrogen-bond acceptors (Lipinski definition) is 3. The van der Waals surface area contributed by atoms with E-state index in [9.17, 15) is 9.59 Å². The van der Waals surface area contributed by atoms with Crippen molar-refractivity contribution in [1.82, 2.24) is 10.2 Å². The summed E-state index contributed by atoms with van der Waals surface area (Å²) in [4.78, 5) is 28.4. The monoisotopic (exact) mass is 528 g/mol. The molecule has 3 aromatic carbocycles. The van der Waals surface area contributed by atoms with E-state index < -0.39 is 6.04 Å². The van der Waals surface area contributed by atoms with Gasteiger partial charge in [-0.1, -0.05) is 89.9 Å². The first kappa shape index (κ1) is 27.1. The molecule has 0 aliphatic rings. The number of hydrogen-bond donors (Lipinski definition) is 1. The molecule has 0 radical (unpaired) electrons. The van der Waals surface area contributed by atoms with Crippen molar-refractivity contribution in [1.29, 1.82) is 0 Å². The van der Waals surface area contributed by atoms with Gasteiger partial charge >= 0.3 is 0 Å². The van der Waals surface area contributed by atoms with Crippen molar-refractivity contribution in [2.75, 3.05) is 12.3 Å². The number of carbonyl (C=O) groups is 2. The number of rotatable bonds is 12. The maximum Gasteiger partial charge on any atom is 0.243 e. The molecule has 0 aromatic heterocycles. The lowest BCUT2D eigenvalue weighted by molar-refractivity contribution is -0.140. The molecule has 184 valence electrons. The molecule has 4 nitrogen and oxygen atoms in total. The first-order chi connectivity index (χ1) is 17.0. The average molecular weight is 530 g/mol. The van der Waals surface area contributed by atoms with Crippen molar-refractivity contribution in [3.8, 4) is 0 Å². The molecule has 2 amide bonds. The second-order valence-electron chi connectivity index (χ2n) is 8.15. The zero-order valence-corrected chi connectivity index (χ0v) is 22.1. The largest absolute Gasteiger partial charge is 0.355 e. The van der Waals surface area contributed by atoms with E-state index in [0.29, 0.717) is 35.2 Å². The lowest BCUT2D eigenvalue weighted by Crippen LogP contribution is -2.50. The molecule has 0 saturated carbocycles. The highest BCUT2D eigenvalue weighted by atomic mass is 35.5. The molecule has 0 saturated heterocycles. The Hall–Kier alpha value is -2.47. The van der Waals surface area contributed by atoms with E-state index in [2.05, 4.69) is 17.4 Å². The summed E-state index contributed by atoms with van der Waals surface area (Å²) >= 11 is 14.2. The van der Waals surface area contributed by atoms with Gasteiger partial charge in [0, 0.05) is 47.5 Å². The number of thioether (sulfide) groups is 1. The second-order valence-corrected chi connectivity index (χ2v) is 10.1. The zero-order valence-electron chi connectivity index (χ0n) is 19.8. The van der Waals surface area contributed by atoms with Crippen LogP contribution in [0.2, 0.25) is 10.0 Å². The van der Waals surface area contributed by atoms with Crippen LogP contribution in [0, 0.1) is 0 Å². The van der Waals surface area contributed by atoms with Gasteiger partial charge in [-0.3, -0.25) is 9.59 Å². The minimum Gasteiger partial charge on any atom is -0.355 e. The molecular formula is C28H30Cl2N2O2S. The van der Waals surface area contributed by atoms with Gasteiger partial charge in [-0.25, -0.2) is 0 Å². The average Bonchev–Trinajstić information content (AvgIpc) is 2.86. The first-order valence-corrected chi connectivity index (χ1v) is 13.6. The van der Waals surface area contributed by atoms with Crippen LogP contribution < -0.4 is 5.32 Å². The van der Waals surface area contributed by atoms with Crippen molar-refractivity contribution in [2.45, 2.75) is 38.1 Å². The summed E-state index contributed by atoms with van der Waals surface area (Å²) in [6.45, 7) is 2.59. The minimum atomic E-state index is -0.657. The molecule has 0 spiro atoms. The Labute approximate surface area is 222 Å². The number of nitrogens with zero attached hydrogens (tertiary/aromatic N) is 1. The SMILES string of the molecule is CCNC(=O)C(Cc1ccccc1)N(Cc1ccc(Cl)cc1Cl)C(=O)CCSCc1ccccc1. The summed E-state index contributed by atoms with van der Waals surface area (Å²) in [6.07, 6.45) is 0.744. The Morgan fingerprint density at radius 1 is 0.943 bits per heavy atom. The summed E-state index contributed by atoms with van der Waals surface area (Å²) < 4.78 is 0. The lowest BCUT2D eigenvalue weighted by atomic mass is 10.0. The molecule has 7 heteroatoms. The van der Waals surface area contributed by atoms with Crippen LogP contribution in [0.1, 0.15) is 30.0 Å². The molecule has 0 aliphatic heterocycles. The van der Waals surface area contributed by atoms with Crippen LogP contribution in [0.25, 0.3) is 0 Å². The van der Waals surface area contributed by atoms with Crippen LogP contribution in [0.15, 0.2) is 78.9 Å². The molecule has 1 unspecified atom stereocenters. The van der Waals surface area contributed by atoms with E-state index in [0.717, 1.165) is 16.9 Å². The smallest absolute Gasteiger partial charge is 0.243 e. The molecule has 0 aliphatic carbocycles. The summed E-state index contributed by atoms with van der Waals surface area (Å²) in [5.74, 6) is 1.24. The fourth-order valence-corrected chi connectivity index (χ4v) is 5.11. The molecule has 3 aromatic rings. The van der Waals surface area contributed by atoms with Gasteiger partial charge in [-0.2, -0.15) is 11.8 Å². The van der Waals surface area contributed by atoms with Crippen LogP contribution in [-0.4, -0.2) is 35.1 Å². The third-order valence-corrected chi connectivity index (χ3v) is 7.17. The highest BCUT2D eigenvalue weighted by Gasteiger charge is 2.30. The highest BCUT2D eigenvalue weighted by Crippen LogP contribution is 2.25. The Balaban J connectivity index is 1.80. The van der Waals surface area contributed by atoms with Crippen LogP contribution in [0.4, 0.5) is 0 Å². The van der Waals surface area contributed by atoms with E-state index in [1.54, 1.807) is 28.8 Å². The van der Waals surface area contributed by atoms with Crippen LogP contribution in [0.3, 0.4) is 0 Å². The van der Waals surface area contributed by atoms with Gasteiger partial charge in [0.05, 0.1) is 0 Å². The predicted molar refractivity (Wildman–Crippen MR) is 147 cm³/mol. The van der Waals surface area contributed by atoms with Crippen LogP contribution >= 0.6 is 35.0 Å². The Bertz CT molecular complexity index is 1100. The van der Waals surface area contributed by atoms with Gasteiger partial charge in [0.25, 0.3) is 0 Å². The standard InChI is InChI=1S/C28H30Cl2N2O2S/c1-2-31-28(34)26(17-21-9-5-3-6-10-21)32(19-23-13-14-24(29)18-25(23)30)27(33)15-16-35-20-22-11-7-4-8-12-22/h3-14,18,26H,2,15-17,19-20H2,1H3,(H,31,34). The van der Waals surface area contributed by atoms with E-state index in [1.165, 1.54) is 5.56 Å². The molecule has 0 fully saturated rings. The van der Waals surface area contributed by atoms with Crippen molar-refractivity contribution in [3.63, 3.8) is 0 Å².